The van der Waals surface area contributed by atoms with E-state index in [1.54, 1.807) is 7.11 Å². The third kappa shape index (κ3) is 3.44. The molecule has 0 spiro atoms. The highest BCUT2D eigenvalue weighted by atomic mass is 16.5. The molecule has 1 heterocycles. The molecule has 1 amide bonds. The minimum Gasteiger partial charge on any atom is -0.497 e. The fraction of sp³-hybridized carbons (Fsp3) is 0.368. The lowest BCUT2D eigenvalue weighted by Gasteiger charge is -2.21. The van der Waals surface area contributed by atoms with Crippen LogP contribution in [0.2, 0.25) is 0 Å². The van der Waals surface area contributed by atoms with Gasteiger partial charge >= 0.3 is 5.97 Å². The number of benzene rings is 2. The van der Waals surface area contributed by atoms with E-state index >= 15 is 0 Å². The Hall–Kier alpha value is -2.60. The molecule has 2 unspecified atom stereocenters. The number of ether oxygens (including phenoxy) is 2. The van der Waals surface area contributed by atoms with E-state index in [9.17, 15) is 14.7 Å². The fourth-order valence-electron chi connectivity index (χ4n) is 3.34. The Kier molecular flexibility index (Phi) is 4.90. The van der Waals surface area contributed by atoms with E-state index in [1.165, 1.54) is 12.0 Å². The van der Waals surface area contributed by atoms with Crippen LogP contribution in [0.15, 0.2) is 36.4 Å². The summed E-state index contributed by atoms with van der Waals surface area (Å²) in [6.45, 7) is 0.306. The summed E-state index contributed by atoms with van der Waals surface area (Å²) in [4.78, 5) is 25.6. The number of amides is 1. The van der Waals surface area contributed by atoms with Gasteiger partial charge in [-0.15, -0.1) is 0 Å². The molecule has 0 radical (unpaired) electrons. The first-order valence-corrected chi connectivity index (χ1v) is 8.14. The first-order chi connectivity index (χ1) is 12.0. The standard InChI is InChI=1S/C19H21NO5/c1-24-14-7-6-12-4-3-5-13(16(12)9-14)8-18(21)20-11-15(25-2)10-17(20)19(22)23/h3-7,9,15,17H,8,10-11H2,1-2H3,(H,22,23). The summed E-state index contributed by atoms with van der Waals surface area (Å²) >= 11 is 0. The van der Waals surface area contributed by atoms with E-state index < -0.39 is 12.0 Å². The van der Waals surface area contributed by atoms with Gasteiger partial charge < -0.3 is 19.5 Å². The van der Waals surface area contributed by atoms with Crippen molar-refractivity contribution in [3.05, 3.63) is 42.0 Å². The number of carboxylic acid groups (broad SMARTS) is 1. The Morgan fingerprint density at radius 3 is 2.72 bits per heavy atom. The van der Waals surface area contributed by atoms with Crippen LogP contribution >= 0.6 is 0 Å². The molecule has 1 saturated heterocycles. The summed E-state index contributed by atoms with van der Waals surface area (Å²) in [7, 11) is 3.13. The van der Waals surface area contributed by atoms with Crippen LogP contribution < -0.4 is 4.74 Å². The van der Waals surface area contributed by atoms with Gasteiger partial charge in [0.2, 0.25) is 5.91 Å². The van der Waals surface area contributed by atoms with Crippen LogP contribution in [0, 0.1) is 0 Å². The van der Waals surface area contributed by atoms with Gasteiger partial charge in [0.25, 0.3) is 0 Å². The molecule has 0 aromatic heterocycles. The molecule has 0 saturated carbocycles. The van der Waals surface area contributed by atoms with Crippen molar-refractivity contribution in [2.75, 3.05) is 20.8 Å². The van der Waals surface area contributed by atoms with Crippen LogP contribution in [-0.4, -0.2) is 54.8 Å². The van der Waals surface area contributed by atoms with Crippen LogP contribution in [0.4, 0.5) is 0 Å². The Labute approximate surface area is 145 Å². The molecule has 1 aliphatic heterocycles. The molecule has 3 rings (SSSR count). The first-order valence-electron chi connectivity index (χ1n) is 8.14. The maximum Gasteiger partial charge on any atom is 0.326 e. The third-order valence-corrected chi connectivity index (χ3v) is 4.72. The van der Waals surface area contributed by atoms with Gasteiger partial charge in [-0.25, -0.2) is 4.79 Å². The highest BCUT2D eigenvalue weighted by Crippen LogP contribution is 2.26. The number of methoxy groups -OCH3 is 2. The number of hydrogen-bond donors (Lipinski definition) is 1. The minimum atomic E-state index is -0.993. The van der Waals surface area contributed by atoms with Gasteiger partial charge in [0, 0.05) is 20.1 Å². The Morgan fingerprint density at radius 1 is 1.24 bits per heavy atom. The lowest BCUT2D eigenvalue weighted by Crippen LogP contribution is -2.41. The van der Waals surface area contributed by atoms with Crippen molar-refractivity contribution in [2.24, 2.45) is 0 Å². The molecule has 2 atom stereocenters. The van der Waals surface area contributed by atoms with Crippen molar-refractivity contribution in [2.45, 2.75) is 25.0 Å². The number of aliphatic carboxylic acids is 1. The Bertz CT molecular complexity index is 804. The average Bonchev–Trinajstić information content (AvgIpc) is 3.06. The molecule has 132 valence electrons. The van der Waals surface area contributed by atoms with E-state index in [0.717, 1.165) is 22.1 Å². The van der Waals surface area contributed by atoms with E-state index in [4.69, 9.17) is 9.47 Å². The maximum absolute atomic E-state index is 12.8. The SMILES string of the molecule is COc1ccc2cccc(CC(=O)N3CC(OC)CC3C(=O)O)c2c1. The first kappa shape index (κ1) is 17.2. The predicted octanol–water partition coefficient (Wildman–Crippen LogP) is 2.09. The summed E-state index contributed by atoms with van der Waals surface area (Å²) < 4.78 is 10.5. The van der Waals surface area contributed by atoms with Gasteiger partial charge in [0.15, 0.2) is 0 Å². The summed E-state index contributed by atoms with van der Waals surface area (Å²) in [5.41, 5.74) is 0.853. The smallest absolute Gasteiger partial charge is 0.326 e. The van der Waals surface area contributed by atoms with Gasteiger partial charge in [0.05, 0.1) is 19.6 Å². The van der Waals surface area contributed by atoms with Crippen LogP contribution in [0.25, 0.3) is 10.8 Å². The lowest BCUT2D eigenvalue weighted by molar-refractivity contribution is -0.147. The molecule has 0 bridgehead atoms. The molecule has 1 fully saturated rings. The van der Waals surface area contributed by atoms with Crippen molar-refractivity contribution in [1.82, 2.24) is 4.90 Å². The second kappa shape index (κ2) is 7.11. The van der Waals surface area contributed by atoms with Crippen LogP contribution in [0.3, 0.4) is 0 Å². The number of carbonyl (C=O) groups excluding carboxylic acids is 1. The van der Waals surface area contributed by atoms with Gasteiger partial charge in [-0.1, -0.05) is 24.3 Å². The van der Waals surface area contributed by atoms with Gasteiger partial charge in [-0.05, 0) is 28.5 Å². The minimum absolute atomic E-state index is 0.144. The average molecular weight is 343 g/mol. The van der Waals surface area contributed by atoms with E-state index in [1.807, 2.05) is 36.4 Å². The molecule has 0 aliphatic carbocycles. The summed E-state index contributed by atoms with van der Waals surface area (Å²) in [5.74, 6) is -0.480. The van der Waals surface area contributed by atoms with Crippen molar-refractivity contribution < 1.29 is 24.2 Å². The Morgan fingerprint density at radius 2 is 2.04 bits per heavy atom. The van der Waals surface area contributed by atoms with E-state index in [2.05, 4.69) is 0 Å². The van der Waals surface area contributed by atoms with Crippen molar-refractivity contribution >= 4 is 22.6 Å². The molecule has 2 aromatic carbocycles. The van der Waals surface area contributed by atoms with Crippen molar-refractivity contribution in [1.29, 1.82) is 0 Å². The number of likely N-dealkylation sites (tertiary alicyclic amines) is 1. The Balaban J connectivity index is 1.87. The zero-order valence-corrected chi connectivity index (χ0v) is 14.3. The molecular formula is C19H21NO5. The summed E-state index contributed by atoms with van der Waals surface area (Å²) in [6.07, 6.45) is 0.226. The molecule has 6 heteroatoms. The van der Waals surface area contributed by atoms with Gasteiger partial charge in [-0.2, -0.15) is 0 Å². The molecule has 2 aromatic rings. The zero-order chi connectivity index (χ0) is 18.0. The van der Waals surface area contributed by atoms with Crippen LogP contribution in [0.5, 0.6) is 5.75 Å². The second-order valence-electron chi connectivity index (χ2n) is 6.17. The number of nitrogens with zero attached hydrogens (tertiary/aromatic N) is 1. The fourth-order valence-corrected chi connectivity index (χ4v) is 3.34. The highest BCUT2D eigenvalue weighted by Gasteiger charge is 2.39. The number of fused-ring (bicyclic) bond motifs is 1. The van der Waals surface area contributed by atoms with Crippen LogP contribution in [-0.2, 0) is 20.7 Å². The summed E-state index contributed by atoms with van der Waals surface area (Å²) in [5, 5.41) is 11.3. The van der Waals surface area contributed by atoms with Crippen molar-refractivity contribution in [3.8, 4) is 5.75 Å². The number of hydrogen-bond acceptors (Lipinski definition) is 4. The normalized spacial score (nSPS) is 20.0. The monoisotopic (exact) mass is 343 g/mol. The van der Waals surface area contributed by atoms with Gasteiger partial charge in [0.1, 0.15) is 11.8 Å². The summed E-state index contributed by atoms with van der Waals surface area (Å²) in [6, 6.07) is 10.6. The molecule has 6 nitrogen and oxygen atoms in total. The largest absolute Gasteiger partial charge is 0.497 e. The molecular weight excluding hydrogens is 322 g/mol. The maximum atomic E-state index is 12.8. The topological polar surface area (TPSA) is 76.1 Å². The zero-order valence-electron chi connectivity index (χ0n) is 14.3. The number of carbonyl (C=O) groups is 2. The van der Waals surface area contributed by atoms with Crippen LogP contribution in [0.1, 0.15) is 12.0 Å². The number of carboxylic acids is 1. The number of rotatable bonds is 5. The molecule has 1 N–H and O–H groups in total. The highest BCUT2D eigenvalue weighted by molar-refractivity contribution is 5.92. The quantitative estimate of drug-likeness (QED) is 0.900. The molecule has 25 heavy (non-hydrogen) atoms. The predicted molar refractivity (Wildman–Crippen MR) is 92.8 cm³/mol. The van der Waals surface area contributed by atoms with E-state index in [-0.39, 0.29) is 18.4 Å². The van der Waals surface area contributed by atoms with Gasteiger partial charge in [-0.3, -0.25) is 4.79 Å². The lowest BCUT2D eigenvalue weighted by atomic mass is 10.0. The molecule has 1 aliphatic rings. The van der Waals surface area contributed by atoms with Crippen molar-refractivity contribution in [3.63, 3.8) is 0 Å². The second-order valence-corrected chi connectivity index (χ2v) is 6.17. The van der Waals surface area contributed by atoms with E-state index in [0.29, 0.717) is 13.0 Å². The third-order valence-electron chi connectivity index (χ3n) is 4.72.